The van der Waals surface area contributed by atoms with Crippen LogP contribution in [0.15, 0.2) is 65.2 Å². The molecule has 1 aromatic heterocycles. The Bertz CT molecular complexity index is 1410. The molecular weight excluding hydrogens is 434 g/mol. The molecule has 0 saturated carbocycles. The average Bonchev–Trinajstić information content (AvgIpc) is 3.32. The van der Waals surface area contributed by atoms with Gasteiger partial charge < -0.3 is 14.4 Å². The highest BCUT2D eigenvalue weighted by atomic mass is 16.5. The molecule has 8 heteroatoms. The van der Waals surface area contributed by atoms with Gasteiger partial charge in [-0.3, -0.25) is 14.5 Å². The van der Waals surface area contributed by atoms with Crippen molar-refractivity contribution < 1.29 is 24.0 Å². The van der Waals surface area contributed by atoms with Gasteiger partial charge in [-0.2, -0.15) is 4.98 Å². The van der Waals surface area contributed by atoms with E-state index in [4.69, 9.17) is 9.26 Å². The van der Waals surface area contributed by atoms with Crippen LogP contribution >= 0.6 is 0 Å². The summed E-state index contributed by atoms with van der Waals surface area (Å²) in [5.41, 5.74) is 5.06. The number of fused-ring (bicyclic) bond motifs is 8. The number of benzene rings is 3. The number of ether oxygens (including phenoxy) is 1. The second-order valence-electron chi connectivity index (χ2n) is 8.02. The predicted octanol–water partition coefficient (Wildman–Crippen LogP) is 4.57. The first-order valence-corrected chi connectivity index (χ1v) is 10.7. The number of nitrogens with zero attached hydrogens (tertiary/aromatic N) is 3. The van der Waals surface area contributed by atoms with Crippen molar-refractivity contribution in [2.75, 3.05) is 18.6 Å². The molecule has 0 unspecified atom stereocenters. The van der Waals surface area contributed by atoms with E-state index in [0.717, 1.165) is 11.1 Å². The highest BCUT2D eigenvalue weighted by Gasteiger charge is 2.30. The van der Waals surface area contributed by atoms with Crippen LogP contribution in [0.4, 0.5) is 5.69 Å². The van der Waals surface area contributed by atoms with Gasteiger partial charge in [0.1, 0.15) is 6.54 Å². The molecule has 2 heterocycles. The second-order valence-corrected chi connectivity index (χ2v) is 8.02. The molecule has 5 rings (SSSR count). The molecule has 0 saturated heterocycles. The number of aliphatic carboxylic acids is 1. The van der Waals surface area contributed by atoms with Crippen LogP contribution in [0.25, 0.3) is 34.0 Å². The number of amides is 1. The van der Waals surface area contributed by atoms with Crippen molar-refractivity contribution in [2.45, 2.75) is 13.5 Å². The molecule has 3 aromatic carbocycles. The lowest BCUT2D eigenvalue weighted by atomic mass is 9.90. The van der Waals surface area contributed by atoms with Gasteiger partial charge in [-0.1, -0.05) is 47.6 Å². The van der Waals surface area contributed by atoms with Crippen LogP contribution in [0.2, 0.25) is 0 Å². The summed E-state index contributed by atoms with van der Waals surface area (Å²) in [4.78, 5) is 31.4. The van der Waals surface area contributed by atoms with Crippen LogP contribution in [-0.2, 0) is 16.1 Å². The van der Waals surface area contributed by atoms with Crippen LogP contribution in [0.3, 0.4) is 0 Å². The SMILES string of the molecule is COCc1cc(-c2ccccc2)c2c(C)c1N(CC(=O)O)C(=O)c1cccc(c1)-c1noc-2n1. The van der Waals surface area contributed by atoms with Gasteiger partial charge in [-0.05, 0) is 41.8 Å². The smallest absolute Gasteiger partial charge is 0.323 e. The van der Waals surface area contributed by atoms with Crippen LogP contribution in [0.5, 0.6) is 0 Å². The summed E-state index contributed by atoms with van der Waals surface area (Å²) < 4.78 is 11.2. The van der Waals surface area contributed by atoms with Crippen LogP contribution in [0, 0.1) is 6.92 Å². The van der Waals surface area contributed by atoms with Crippen molar-refractivity contribution in [3.05, 3.63) is 77.4 Å². The molecule has 0 atom stereocenters. The Labute approximate surface area is 195 Å². The first-order valence-electron chi connectivity index (χ1n) is 10.7. The highest BCUT2D eigenvalue weighted by Crippen LogP contribution is 2.42. The number of carbonyl (C=O) groups excluding carboxylic acids is 1. The van der Waals surface area contributed by atoms with Crippen molar-refractivity contribution in [1.29, 1.82) is 0 Å². The largest absolute Gasteiger partial charge is 0.480 e. The van der Waals surface area contributed by atoms with E-state index in [1.807, 2.05) is 43.3 Å². The second kappa shape index (κ2) is 8.57. The highest BCUT2D eigenvalue weighted by molar-refractivity contribution is 6.10. The number of methoxy groups -OCH3 is 1. The number of anilines is 1. The zero-order chi connectivity index (χ0) is 23.8. The standard InChI is InChI=1S/C26H21N3O5/c1-15-22-20(16-7-4-3-5-8-16)12-19(14-33-2)23(15)29(13-21(30)31)26(32)18-10-6-9-17(11-18)24-27-25(22)34-28-24/h3-12H,13-14H2,1-2H3,(H,30,31). The van der Waals surface area contributed by atoms with Gasteiger partial charge >= 0.3 is 5.97 Å². The van der Waals surface area contributed by atoms with Gasteiger partial charge in [0.05, 0.1) is 17.9 Å². The molecule has 6 bridgehead atoms. The summed E-state index contributed by atoms with van der Waals surface area (Å²) in [5, 5.41) is 13.8. The third kappa shape index (κ3) is 3.64. The van der Waals surface area contributed by atoms with Crippen LogP contribution in [0.1, 0.15) is 21.5 Å². The normalized spacial score (nSPS) is 12.4. The maximum atomic E-state index is 13.7. The van der Waals surface area contributed by atoms with Crippen molar-refractivity contribution in [3.8, 4) is 34.0 Å². The zero-order valence-corrected chi connectivity index (χ0v) is 18.6. The molecule has 0 aliphatic carbocycles. The lowest BCUT2D eigenvalue weighted by molar-refractivity contribution is -0.135. The number of carbonyl (C=O) groups is 2. The number of aromatic nitrogens is 2. The summed E-state index contributed by atoms with van der Waals surface area (Å²) in [6.45, 7) is 1.49. The van der Waals surface area contributed by atoms with Gasteiger partial charge in [-0.15, -0.1) is 0 Å². The van der Waals surface area contributed by atoms with Crippen molar-refractivity contribution in [3.63, 3.8) is 0 Å². The Morgan fingerprint density at radius 1 is 1.06 bits per heavy atom. The Kier molecular flexibility index (Phi) is 5.43. The Balaban J connectivity index is 1.90. The maximum Gasteiger partial charge on any atom is 0.323 e. The first kappa shape index (κ1) is 21.5. The Morgan fingerprint density at radius 2 is 1.79 bits per heavy atom. The molecule has 170 valence electrons. The third-order valence-electron chi connectivity index (χ3n) is 5.82. The Hall–Kier alpha value is -4.30. The molecule has 8 nitrogen and oxygen atoms in total. The number of hydrogen-bond acceptors (Lipinski definition) is 6. The molecule has 1 N–H and O–H groups in total. The van der Waals surface area contributed by atoms with E-state index in [-0.39, 0.29) is 12.5 Å². The van der Waals surface area contributed by atoms with Gasteiger partial charge in [0, 0.05) is 23.8 Å². The van der Waals surface area contributed by atoms with Crippen molar-refractivity contribution in [1.82, 2.24) is 10.1 Å². The molecular formula is C26H21N3O5. The molecule has 4 aromatic rings. The van der Waals surface area contributed by atoms with E-state index in [1.54, 1.807) is 31.4 Å². The Morgan fingerprint density at radius 3 is 2.53 bits per heavy atom. The number of rotatable bonds is 5. The van der Waals surface area contributed by atoms with Crippen molar-refractivity contribution >= 4 is 17.6 Å². The minimum absolute atomic E-state index is 0.175. The minimum atomic E-state index is -1.13. The molecule has 0 spiro atoms. The van der Waals surface area contributed by atoms with E-state index in [9.17, 15) is 14.7 Å². The van der Waals surface area contributed by atoms with E-state index >= 15 is 0 Å². The fourth-order valence-electron chi connectivity index (χ4n) is 4.42. The van der Waals surface area contributed by atoms with Gasteiger partial charge in [-0.25, -0.2) is 0 Å². The predicted molar refractivity (Wildman–Crippen MR) is 125 cm³/mol. The van der Waals surface area contributed by atoms with Crippen molar-refractivity contribution in [2.24, 2.45) is 0 Å². The quantitative estimate of drug-likeness (QED) is 0.470. The van der Waals surface area contributed by atoms with Gasteiger partial charge in [0.2, 0.25) is 5.82 Å². The summed E-state index contributed by atoms with van der Waals surface area (Å²) in [6.07, 6.45) is 0. The molecule has 34 heavy (non-hydrogen) atoms. The van der Waals surface area contributed by atoms with Crippen LogP contribution in [-0.4, -0.2) is 40.8 Å². The van der Waals surface area contributed by atoms with E-state index < -0.39 is 18.4 Å². The minimum Gasteiger partial charge on any atom is -0.480 e. The molecule has 1 amide bonds. The zero-order valence-electron chi connectivity index (χ0n) is 18.6. The number of carboxylic acids is 1. The topological polar surface area (TPSA) is 106 Å². The molecule has 1 aliphatic rings. The molecule has 0 fully saturated rings. The molecule has 0 radical (unpaired) electrons. The fourth-order valence-corrected chi connectivity index (χ4v) is 4.42. The summed E-state index contributed by atoms with van der Waals surface area (Å²) in [5.74, 6) is -0.938. The fraction of sp³-hybridized carbons (Fsp3) is 0.154. The van der Waals surface area contributed by atoms with E-state index in [0.29, 0.717) is 39.3 Å². The monoisotopic (exact) mass is 455 g/mol. The third-order valence-corrected chi connectivity index (χ3v) is 5.82. The van der Waals surface area contributed by atoms with E-state index in [2.05, 4.69) is 10.1 Å². The first-order chi connectivity index (χ1) is 16.5. The van der Waals surface area contributed by atoms with Gasteiger partial charge in [0.25, 0.3) is 11.8 Å². The maximum absolute atomic E-state index is 13.7. The summed E-state index contributed by atoms with van der Waals surface area (Å²) in [7, 11) is 1.56. The lowest BCUT2D eigenvalue weighted by Crippen LogP contribution is -2.37. The lowest BCUT2D eigenvalue weighted by Gasteiger charge is -2.28. The van der Waals surface area contributed by atoms with Gasteiger partial charge in [0.15, 0.2) is 0 Å². The number of carboxylic acid groups (broad SMARTS) is 1. The summed E-state index contributed by atoms with van der Waals surface area (Å²) >= 11 is 0. The van der Waals surface area contributed by atoms with Crippen LogP contribution < -0.4 is 4.90 Å². The number of hydrogen-bond donors (Lipinski definition) is 1. The van der Waals surface area contributed by atoms with E-state index in [1.165, 1.54) is 4.90 Å². The molecule has 1 aliphatic heterocycles. The summed E-state index contributed by atoms with van der Waals surface area (Å²) in [6, 6.07) is 18.4. The average molecular weight is 455 g/mol.